The summed E-state index contributed by atoms with van der Waals surface area (Å²) in [6, 6.07) is 9.68. The van der Waals surface area contributed by atoms with Gasteiger partial charge >= 0.3 is 6.09 Å². The van der Waals surface area contributed by atoms with Gasteiger partial charge in [0.2, 0.25) is 0 Å². The Morgan fingerprint density at radius 1 is 1.19 bits per heavy atom. The van der Waals surface area contributed by atoms with E-state index < -0.39 is 11.0 Å². The first kappa shape index (κ1) is 19.1. The molecular formula is C20H30N2O4. The minimum absolute atomic E-state index is 0.272. The number of carbonyl (C=O) groups excluding carboxylic acids is 1. The first-order valence-electron chi connectivity index (χ1n) is 9.38. The maximum Gasteiger partial charge on any atom is 0.410 e. The fourth-order valence-electron chi connectivity index (χ4n) is 3.75. The first-order valence-corrected chi connectivity index (χ1v) is 9.38. The Labute approximate surface area is 155 Å². The summed E-state index contributed by atoms with van der Waals surface area (Å²) in [6.45, 7) is 9.09. The summed E-state index contributed by atoms with van der Waals surface area (Å²) >= 11 is 0. The molecule has 1 aromatic carbocycles. The molecule has 0 saturated carbocycles. The maximum absolute atomic E-state index is 12.5. The quantitative estimate of drug-likeness (QED) is 0.889. The van der Waals surface area contributed by atoms with Crippen LogP contribution < -0.4 is 0 Å². The number of ether oxygens (including phenoxy) is 2. The molecule has 2 heterocycles. The maximum atomic E-state index is 12.5. The van der Waals surface area contributed by atoms with Crippen LogP contribution in [0.15, 0.2) is 30.3 Å². The molecule has 3 rings (SSSR count). The van der Waals surface area contributed by atoms with Crippen LogP contribution in [0, 0.1) is 5.41 Å². The molecule has 1 amide bonds. The molecule has 0 aliphatic carbocycles. The number of aliphatic hydroxyl groups is 1. The number of morpholine rings is 1. The van der Waals surface area contributed by atoms with Crippen LogP contribution in [-0.4, -0.2) is 72.5 Å². The van der Waals surface area contributed by atoms with E-state index in [1.54, 1.807) is 4.90 Å². The Morgan fingerprint density at radius 3 is 2.54 bits per heavy atom. The molecule has 26 heavy (non-hydrogen) atoms. The van der Waals surface area contributed by atoms with E-state index in [2.05, 4.69) is 4.90 Å². The van der Waals surface area contributed by atoms with Crippen molar-refractivity contribution >= 4 is 6.09 Å². The topological polar surface area (TPSA) is 62.2 Å². The molecule has 2 aliphatic rings. The molecule has 144 valence electrons. The molecule has 2 aliphatic heterocycles. The van der Waals surface area contributed by atoms with E-state index in [1.807, 2.05) is 44.2 Å². The molecule has 0 spiro atoms. The number of rotatable bonds is 4. The molecule has 1 atom stereocenters. The number of carbonyl (C=O) groups is 1. The van der Waals surface area contributed by atoms with Crippen LogP contribution in [0.3, 0.4) is 0 Å². The fourth-order valence-corrected chi connectivity index (χ4v) is 3.75. The summed E-state index contributed by atoms with van der Waals surface area (Å²) in [6.07, 6.45) is 0.244. The van der Waals surface area contributed by atoms with Crippen LogP contribution in [0.4, 0.5) is 4.79 Å². The van der Waals surface area contributed by atoms with Gasteiger partial charge in [-0.15, -0.1) is 0 Å². The molecule has 0 unspecified atom stereocenters. The Morgan fingerprint density at radius 2 is 1.88 bits per heavy atom. The van der Waals surface area contributed by atoms with Gasteiger partial charge in [0, 0.05) is 38.1 Å². The zero-order valence-corrected chi connectivity index (χ0v) is 15.8. The van der Waals surface area contributed by atoms with Crippen LogP contribution in [-0.2, 0) is 16.1 Å². The minimum Gasteiger partial charge on any atom is -0.445 e. The van der Waals surface area contributed by atoms with Crippen LogP contribution >= 0.6 is 0 Å². The monoisotopic (exact) mass is 362 g/mol. The lowest BCUT2D eigenvalue weighted by molar-refractivity contribution is -0.135. The third-order valence-corrected chi connectivity index (χ3v) is 5.69. The summed E-state index contributed by atoms with van der Waals surface area (Å²) in [7, 11) is 0. The lowest BCUT2D eigenvalue weighted by Crippen LogP contribution is -2.63. The molecule has 6 heteroatoms. The van der Waals surface area contributed by atoms with Gasteiger partial charge < -0.3 is 19.5 Å². The van der Waals surface area contributed by atoms with Crippen molar-refractivity contribution in [3.05, 3.63) is 35.9 Å². The highest BCUT2D eigenvalue weighted by molar-refractivity contribution is 5.68. The van der Waals surface area contributed by atoms with Crippen molar-refractivity contribution in [3.8, 4) is 0 Å². The second-order valence-electron chi connectivity index (χ2n) is 8.02. The molecule has 0 radical (unpaired) electrons. The van der Waals surface area contributed by atoms with Crippen LogP contribution in [0.2, 0.25) is 0 Å². The highest BCUT2D eigenvalue weighted by Crippen LogP contribution is 2.39. The molecule has 0 bridgehead atoms. The predicted molar refractivity (Wildman–Crippen MR) is 98.8 cm³/mol. The van der Waals surface area contributed by atoms with E-state index in [1.165, 1.54) is 0 Å². The predicted octanol–water partition coefficient (Wildman–Crippen LogP) is 2.12. The van der Waals surface area contributed by atoms with Gasteiger partial charge in [-0.3, -0.25) is 4.90 Å². The second kappa shape index (κ2) is 7.94. The van der Waals surface area contributed by atoms with E-state index in [4.69, 9.17) is 9.47 Å². The summed E-state index contributed by atoms with van der Waals surface area (Å²) in [5.41, 5.74) is -0.253. The van der Waals surface area contributed by atoms with E-state index in [0.29, 0.717) is 39.3 Å². The van der Waals surface area contributed by atoms with Gasteiger partial charge in [-0.05, 0) is 12.0 Å². The van der Waals surface area contributed by atoms with Crippen molar-refractivity contribution in [2.24, 2.45) is 5.41 Å². The van der Waals surface area contributed by atoms with Gasteiger partial charge in [0.05, 0.1) is 18.8 Å². The molecule has 0 aromatic heterocycles. The fraction of sp³-hybridized carbons (Fsp3) is 0.650. The van der Waals surface area contributed by atoms with Crippen molar-refractivity contribution in [2.75, 3.05) is 45.9 Å². The molecule has 1 aromatic rings. The minimum atomic E-state index is -0.819. The second-order valence-corrected chi connectivity index (χ2v) is 8.02. The van der Waals surface area contributed by atoms with Crippen molar-refractivity contribution in [3.63, 3.8) is 0 Å². The normalized spacial score (nSPS) is 26.5. The average Bonchev–Trinajstić information content (AvgIpc) is 2.64. The van der Waals surface area contributed by atoms with Crippen LogP contribution in [0.5, 0.6) is 0 Å². The third-order valence-electron chi connectivity index (χ3n) is 5.69. The zero-order valence-electron chi connectivity index (χ0n) is 15.8. The Kier molecular flexibility index (Phi) is 5.85. The van der Waals surface area contributed by atoms with Gasteiger partial charge in [-0.25, -0.2) is 4.79 Å². The van der Waals surface area contributed by atoms with Crippen molar-refractivity contribution < 1.29 is 19.4 Å². The van der Waals surface area contributed by atoms with E-state index in [-0.39, 0.29) is 12.7 Å². The number of nitrogens with zero attached hydrogens (tertiary/aromatic N) is 2. The number of piperidine rings is 1. The standard InChI is InChI=1S/C20H30N2O4/c1-19(2)15-22(18(23)26-14-17-6-4-3-5-7-17)9-8-20(19,24)16-21-10-12-25-13-11-21/h3-7,24H,8-16H2,1-2H3/t20-/m1/s1. The molecule has 2 saturated heterocycles. The van der Waals surface area contributed by atoms with Crippen molar-refractivity contribution in [2.45, 2.75) is 32.5 Å². The highest BCUT2D eigenvalue weighted by atomic mass is 16.6. The number of hydrogen-bond donors (Lipinski definition) is 1. The van der Waals surface area contributed by atoms with Crippen molar-refractivity contribution in [1.82, 2.24) is 9.80 Å². The first-order chi connectivity index (χ1) is 12.4. The third kappa shape index (κ3) is 4.37. The SMILES string of the molecule is CC1(C)CN(C(=O)OCc2ccccc2)CC[C@@]1(O)CN1CCOCC1. The van der Waals surface area contributed by atoms with E-state index in [9.17, 15) is 9.90 Å². The Balaban J connectivity index is 1.55. The zero-order chi connectivity index (χ0) is 18.6. The summed E-state index contributed by atoms with van der Waals surface area (Å²) in [4.78, 5) is 16.4. The summed E-state index contributed by atoms with van der Waals surface area (Å²) in [5.74, 6) is 0. The van der Waals surface area contributed by atoms with Gasteiger partial charge in [0.25, 0.3) is 0 Å². The van der Waals surface area contributed by atoms with Gasteiger partial charge in [0.1, 0.15) is 6.61 Å². The van der Waals surface area contributed by atoms with Crippen LogP contribution in [0.25, 0.3) is 0 Å². The Hall–Kier alpha value is -1.63. The number of benzene rings is 1. The summed E-state index contributed by atoms with van der Waals surface area (Å²) in [5, 5.41) is 11.3. The molecule has 6 nitrogen and oxygen atoms in total. The Bertz CT molecular complexity index is 601. The van der Waals surface area contributed by atoms with Gasteiger partial charge in [-0.1, -0.05) is 44.2 Å². The lowest BCUT2D eigenvalue weighted by atomic mass is 9.69. The number of amides is 1. The summed E-state index contributed by atoms with van der Waals surface area (Å²) < 4.78 is 10.9. The molecular weight excluding hydrogens is 332 g/mol. The van der Waals surface area contributed by atoms with Gasteiger partial charge in [-0.2, -0.15) is 0 Å². The van der Waals surface area contributed by atoms with E-state index >= 15 is 0 Å². The van der Waals surface area contributed by atoms with Gasteiger partial charge in [0.15, 0.2) is 0 Å². The molecule has 1 N–H and O–H groups in total. The average molecular weight is 362 g/mol. The van der Waals surface area contributed by atoms with E-state index in [0.717, 1.165) is 18.7 Å². The molecule has 2 fully saturated rings. The van der Waals surface area contributed by atoms with Crippen LogP contribution in [0.1, 0.15) is 25.8 Å². The largest absolute Gasteiger partial charge is 0.445 e. The lowest BCUT2D eigenvalue weighted by Gasteiger charge is -2.51. The number of β-amino-alcohol motifs (C(OH)–C–C–N with tert-alkyl or cyclic N) is 1. The highest BCUT2D eigenvalue weighted by Gasteiger charge is 2.49. The van der Waals surface area contributed by atoms with Crippen molar-refractivity contribution in [1.29, 1.82) is 0 Å². The number of hydrogen-bond acceptors (Lipinski definition) is 5. The smallest absolute Gasteiger partial charge is 0.410 e. The number of likely N-dealkylation sites (tertiary alicyclic amines) is 1.